The first-order chi connectivity index (χ1) is 16.1. The Morgan fingerprint density at radius 3 is 2.64 bits per heavy atom. The second-order valence-electron chi connectivity index (χ2n) is 9.22. The molecule has 1 saturated carbocycles. The average Bonchev–Trinajstić information content (AvgIpc) is 3.51. The number of carbonyl (C=O) groups is 3. The SMILES string of the molecule is O=CC(COC(=O)N(CC(=O)N1CCCC1)CC1CCCCC1)Cc1nc2ccccc2o1. The maximum Gasteiger partial charge on any atom is 0.410 e. The number of likely N-dealkylation sites (tertiary alicyclic amines) is 1. The predicted molar refractivity (Wildman–Crippen MR) is 123 cm³/mol. The number of fused-ring (bicyclic) bond motifs is 1. The molecule has 1 atom stereocenters. The maximum atomic E-state index is 13.0. The largest absolute Gasteiger partial charge is 0.449 e. The van der Waals surface area contributed by atoms with Crippen molar-refractivity contribution in [2.45, 2.75) is 51.4 Å². The second kappa shape index (κ2) is 11.3. The van der Waals surface area contributed by atoms with E-state index in [0.29, 0.717) is 23.9 Å². The van der Waals surface area contributed by atoms with Gasteiger partial charge in [0.25, 0.3) is 0 Å². The molecular formula is C25H33N3O5. The van der Waals surface area contributed by atoms with Gasteiger partial charge in [-0.2, -0.15) is 0 Å². The molecule has 1 aromatic heterocycles. The van der Waals surface area contributed by atoms with Gasteiger partial charge in [-0.3, -0.25) is 9.69 Å². The van der Waals surface area contributed by atoms with E-state index < -0.39 is 12.0 Å². The molecule has 1 saturated heterocycles. The lowest BCUT2D eigenvalue weighted by Gasteiger charge is -2.30. The molecule has 0 N–H and O–H groups in total. The fourth-order valence-electron chi connectivity index (χ4n) is 4.76. The Labute approximate surface area is 194 Å². The molecule has 178 valence electrons. The molecule has 33 heavy (non-hydrogen) atoms. The Morgan fingerprint density at radius 2 is 1.91 bits per heavy atom. The van der Waals surface area contributed by atoms with E-state index >= 15 is 0 Å². The third-order valence-electron chi connectivity index (χ3n) is 6.63. The van der Waals surface area contributed by atoms with Crippen molar-refractivity contribution in [2.75, 3.05) is 32.8 Å². The smallest absolute Gasteiger partial charge is 0.410 e. The van der Waals surface area contributed by atoms with Crippen molar-refractivity contribution in [3.63, 3.8) is 0 Å². The highest BCUT2D eigenvalue weighted by Crippen LogP contribution is 2.25. The number of ether oxygens (including phenoxy) is 1. The molecule has 0 bridgehead atoms. The van der Waals surface area contributed by atoms with Crippen LogP contribution in [0.2, 0.25) is 0 Å². The molecule has 1 aromatic carbocycles. The van der Waals surface area contributed by atoms with Crippen molar-refractivity contribution in [1.82, 2.24) is 14.8 Å². The minimum absolute atomic E-state index is 0.0290. The van der Waals surface area contributed by atoms with Gasteiger partial charge in [0.2, 0.25) is 5.91 Å². The van der Waals surface area contributed by atoms with Gasteiger partial charge in [-0.25, -0.2) is 9.78 Å². The zero-order valence-electron chi connectivity index (χ0n) is 19.1. The molecule has 2 amide bonds. The van der Waals surface area contributed by atoms with Crippen molar-refractivity contribution in [3.05, 3.63) is 30.2 Å². The molecular weight excluding hydrogens is 422 g/mol. The molecule has 2 aliphatic rings. The summed E-state index contributed by atoms with van der Waals surface area (Å²) in [7, 11) is 0. The number of rotatable bonds is 9. The summed E-state index contributed by atoms with van der Waals surface area (Å²) >= 11 is 0. The number of nitrogens with zero attached hydrogens (tertiary/aromatic N) is 3. The Morgan fingerprint density at radius 1 is 1.15 bits per heavy atom. The van der Waals surface area contributed by atoms with Gasteiger partial charge in [0.1, 0.15) is 25.0 Å². The van der Waals surface area contributed by atoms with Gasteiger partial charge < -0.3 is 18.8 Å². The topological polar surface area (TPSA) is 93.0 Å². The summed E-state index contributed by atoms with van der Waals surface area (Å²) in [4.78, 5) is 45.1. The van der Waals surface area contributed by atoms with Crippen LogP contribution in [0, 0.1) is 11.8 Å². The van der Waals surface area contributed by atoms with Crippen LogP contribution >= 0.6 is 0 Å². The van der Waals surface area contributed by atoms with Crippen molar-refractivity contribution >= 4 is 29.4 Å². The summed E-state index contributed by atoms with van der Waals surface area (Å²) in [6.07, 6.45) is 8.18. The molecule has 1 unspecified atom stereocenters. The van der Waals surface area contributed by atoms with Crippen molar-refractivity contribution < 1.29 is 23.5 Å². The van der Waals surface area contributed by atoms with Crippen LogP contribution in [0.3, 0.4) is 0 Å². The number of aromatic nitrogens is 1. The first-order valence-electron chi connectivity index (χ1n) is 12.1. The molecule has 0 spiro atoms. The first-order valence-corrected chi connectivity index (χ1v) is 12.1. The van der Waals surface area contributed by atoms with E-state index in [1.54, 1.807) is 0 Å². The molecule has 1 aliphatic carbocycles. The third kappa shape index (κ3) is 6.33. The quantitative estimate of drug-likeness (QED) is 0.534. The highest BCUT2D eigenvalue weighted by molar-refractivity contribution is 5.82. The average molecular weight is 456 g/mol. The third-order valence-corrected chi connectivity index (χ3v) is 6.63. The zero-order valence-corrected chi connectivity index (χ0v) is 19.1. The summed E-state index contributed by atoms with van der Waals surface area (Å²) in [6.45, 7) is 1.99. The van der Waals surface area contributed by atoms with E-state index in [4.69, 9.17) is 9.15 Å². The molecule has 8 nitrogen and oxygen atoms in total. The normalized spacial score (nSPS) is 17.8. The van der Waals surface area contributed by atoms with Crippen LogP contribution in [0.4, 0.5) is 4.79 Å². The van der Waals surface area contributed by atoms with Crippen LogP contribution in [0.1, 0.15) is 50.8 Å². The summed E-state index contributed by atoms with van der Waals surface area (Å²) in [5, 5.41) is 0. The molecule has 2 fully saturated rings. The second-order valence-corrected chi connectivity index (χ2v) is 9.22. The number of hydrogen-bond donors (Lipinski definition) is 0. The van der Waals surface area contributed by atoms with E-state index in [1.807, 2.05) is 29.2 Å². The highest BCUT2D eigenvalue weighted by Gasteiger charge is 2.28. The fraction of sp³-hybridized carbons (Fsp3) is 0.600. The Balaban J connectivity index is 1.35. The lowest BCUT2D eigenvalue weighted by Crippen LogP contribution is -2.44. The van der Waals surface area contributed by atoms with Crippen LogP contribution in [0.15, 0.2) is 28.7 Å². The van der Waals surface area contributed by atoms with Gasteiger partial charge in [0.15, 0.2) is 11.5 Å². The monoisotopic (exact) mass is 455 g/mol. The summed E-state index contributed by atoms with van der Waals surface area (Å²) in [5.41, 5.74) is 1.39. The van der Waals surface area contributed by atoms with Crippen molar-refractivity contribution in [2.24, 2.45) is 11.8 Å². The molecule has 4 rings (SSSR count). The number of amides is 2. The summed E-state index contributed by atoms with van der Waals surface area (Å²) in [6, 6.07) is 7.40. The number of hydrogen-bond acceptors (Lipinski definition) is 6. The van der Waals surface area contributed by atoms with Crippen LogP contribution in [-0.2, 0) is 20.7 Å². The minimum Gasteiger partial charge on any atom is -0.449 e. The predicted octanol–water partition coefficient (Wildman–Crippen LogP) is 3.83. The van der Waals surface area contributed by atoms with Crippen molar-refractivity contribution in [1.29, 1.82) is 0 Å². The number of para-hydroxylation sites is 2. The number of oxazole rings is 1. The van der Waals surface area contributed by atoms with Crippen molar-refractivity contribution in [3.8, 4) is 0 Å². The Kier molecular flexibility index (Phi) is 7.96. The number of aldehydes is 1. The van der Waals surface area contributed by atoms with Crippen LogP contribution in [0.25, 0.3) is 11.1 Å². The van der Waals surface area contributed by atoms with Gasteiger partial charge in [-0.1, -0.05) is 31.4 Å². The van der Waals surface area contributed by atoms with Gasteiger partial charge in [-0.05, 0) is 43.7 Å². The van der Waals surface area contributed by atoms with E-state index in [1.165, 1.54) is 11.3 Å². The van der Waals surface area contributed by atoms with Gasteiger partial charge in [0, 0.05) is 26.1 Å². The minimum atomic E-state index is -0.562. The lowest BCUT2D eigenvalue weighted by atomic mass is 9.89. The fourth-order valence-corrected chi connectivity index (χ4v) is 4.76. The maximum absolute atomic E-state index is 13.0. The summed E-state index contributed by atoms with van der Waals surface area (Å²) < 4.78 is 11.2. The van der Waals surface area contributed by atoms with Crippen LogP contribution in [0.5, 0.6) is 0 Å². The number of benzene rings is 1. The molecule has 2 aromatic rings. The van der Waals surface area contributed by atoms with E-state index in [2.05, 4.69) is 4.98 Å². The Bertz CT molecular complexity index is 913. The molecule has 1 aliphatic heterocycles. The molecule has 2 heterocycles. The Hall–Kier alpha value is -2.90. The molecule has 0 radical (unpaired) electrons. The highest BCUT2D eigenvalue weighted by atomic mass is 16.6. The van der Waals surface area contributed by atoms with E-state index in [0.717, 1.165) is 63.4 Å². The summed E-state index contributed by atoms with van der Waals surface area (Å²) in [5.74, 6) is 0.235. The van der Waals surface area contributed by atoms with E-state index in [-0.39, 0.29) is 25.5 Å². The van der Waals surface area contributed by atoms with Gasteiger partial charge in [0.05, 0.1) is 5.92 Å². The lowest BCUT2D eigenvalue weighted by molar-refractivity contribution is -0.131. The van der Waals surface area contributed by atoms with Gasteiger partial charge >= 0.3 is 6.09 Å². The van der Waals surface area contributed by atoms with Gasteiger partial charge in [-0.15, -0.1) is 0 Å². The standard InChI is InChI=1S/C25H33N3O5/c29-17-20(14-23-26-21-10-4-5-11-22(21)33-23)18-32-25(31)28(15-19-8-2-1-3-9-19)16-24(30)27-12-6-7-13-27/h4-5,10-11,17,19-20H,1-3,6-9,12-16,18H2. The zero-order chi connectivity index (χ0) is 23.0. The van der Waals surface area contributed by atoms with E-state index in [9.17, 15) is 14.4 Å². The molecule has 8 heteroatoms. The number of carbonyl (C=O) groups excluding carboxylic acids is 3. The van der Waals surface area contributed by atoms with Crippen LogP contribution in [-0.4, -0.2) is 65.9 Å². The first kappa shape index (κ1) is 23.3. The van der Waals surface area contributed by atoms with Crippen LogP contribution < -0.4 is 0 Å².